The number of nitrogens with one attached hydrogen (secondary N) is 1. The third-order valence-corrected chi connectivity index (χ3v) is 2.97. The number of hydrogen-bond acceptors (Lipinski definition) is 1. The van der Waals surface area contributed by atoms with Crippen LogP contribution in [0.4, 0.5) is 0 Å². The Morgan fingerprint density at radius 1 is 1.50 bits per heavy atom. The summed E-state index contributed by atoms with van der Waals surface area (Å²) in [6.45, 7) is 6.68. The van der Waals surface area contributed by atoms with Gasteiger partial charge >= 0.3 is 0 Å². The minimum absolute atomic E-state index is 0.699. The molecule has 1 N–H and O–H groups in total. The molecule has 1 aromatic rings. The zero-order valence-electron chi connectivity index (χ0n) is 8.02. The fraction of sp³-hybridized carbons (Fsp3) is 0.700. The molecular weight excluding hydrogens is 148 g/mol. The second kappa shape index (κ2) is 2.61. The highest BCUT2D eigenvalue weighted by atomic mass is 15.1. The Kier molecular flexibility index (Phi) is 1.71. The first-order valence-corrected chi connectivity index (χ1v) is 4.74. The molecule has 1 aliphatic carbocycles. The van der Waals surface area contributed by atoms with Gasteiger partial charge in [-0.3, -0.25) is 5.10 Å². The molecule has 0 saturated heterocycles. The summed E-state index contributed by atoms with van der Waals surface area (Å²) in [5, 5.41) is 7.45. The van der Waals surface area contributed by atoms with Crippen LogP contribution in [-0.2, 0) is 6.42 Å². The van der Waals surface area contributed by atoms with Gasteiger partial charge in [-0.25, -0.2) is 0 Å². The Morgan fingerprint density at radius 3 is 2.92 bits per heavy atom. The molecule has 1 atom stereocenters. The number of hydrogen-bond donors (Lipinski definition) is 1. The van der Waals surface area contributed by atoms with Gasteiger partial charge in [0.25, 0.3) is 0 Å². The van der Waals surface area contributed by atoms with E-state index in [1.165, 1.54) is 29.8 Å². The zero-order chi connectivity index (χ0) is 8.72. The zero-order valence-corrected chi connectivity index (χ0v) is 8.02. The molecule has 2 rings (SSSR count). The number of aromatic nitrogens is 2. The summed E-state index contributed by atoms with van der Waals surface area (Å²) in [6, 6.07) is 0. The number of rotatable bonds is 1. The van der Waals surface area contributed by atoms with E-state index in [1.807, 2.05) is 0 Å². The van der Waals surface area contributed by atoms with Gasteiger partial charge in [-0.05, 0) is 31.2 Å². The minimum Gasteiger partial charge on any atom is -0.282 e. The standard InChI is InChI=1S/C10H16N2/c1-6(2)8-4-5-9-7(3)11-12-10(8)9/h6,8H,4-5H2,1-3H3,(H,11,12). The largest absolute Gasteiger partial charge is 0.282 e. The van der Waals surface area contributed by atoms with Crippen molar-refractivity contribution in [1.29, 1.82) is 0 Å². The lowest BCUT2D eigenvalue weighted by atomic mass is 9.94. The van der Waals surface area contributed by atoms with Gasteiger partial charge in [0.15, 0.2) is 0 Å². The maximum atomic E-state index is 4.37. The van der Waals surface area contributed by atoms with Crippen LogP contribution < -0.4 is 0 Å². The van der Waals surface area contributed by atoms with Gasteiger partial charge in [0, 0.05) is 11.6 Å². The van der Waals surface area contributed by atoms with Crippen LogP contribution in [-0.4, -0.2) is 10.2 Å². The Morgan fingerprint density at radius 2 is 2.25 bits per heavy atom. The molecule has 2 heteroatoms. The summed E-state index contributed by atoms with van der Waals surface area (Å²) in [7, 11) is 0. The Labute approximate surface area is 73.4 Å². The highest BCUT2D eigenvalue weighted by Gasteiger charge is 2.28. The molecule has 0 bridgehead atoms. The van der Waals surface area contributed by atoms with E-state index in [0.29, 0.717) is 5.92 Å². The van der Waals surface area contributed by atoms with Gasteiger partial charge in [0.1, 0.15) is 0 Å². The molecule has 12 heavy (non-hydrogen) atoms. The molecular formula is C10H16N2. The first kappa shape index (κ1) is 7.84. The minimum atomic E-state index is 0.699. The van der Waals surface area contributed by atoms with E-state index in [0.717, 1.165) is 5.92 Å². The predicted octanol–water partition coefficient (Wildman–Crippen LogP) is 2.40. The highest BCUT2D eigenvalue weighted by Crippen LogP contribution is 2.37. The first-order chi connectivity index (χ1) is 5.70. The van der Waals surface area contributed by atoms with Crippen molar-refractivity contribution in [1.82, 2.24) is 10.2 Å². The van der Waals surface area contributed by atoms with Gasteiger partial charge in [-0.15, -0.1) is 0 Å². The molecule has 0 aromatic carbocycles. The molecule has 0 fully saturated rings. The van der Waals surface area contributed by atoms with Crippen molar-refractivity contribution in [3.8, 4) is 0 Å². The number of fused-ring (bicyclic) bond motifs is 1. The van der Waals surface area contributed by atoms with Crippen LogP contribution in [0.25, 0.3) is 0 Å². The lowest BCUT2D eigenvalue weighted by Gasteiger charge is -2.12. The summed E-state index contributed by atoms with van der Waals surface area (Å²) < 4.78 is 0. The molecule has 0 aliphatic heterocycles. The number of aromatic amines is 1. The third kappa shape index (κ3) is 0.977. The topological polar surface area (TPSA) is 28.7 Å². The fourth-order valence-corrected chi connectivity index (χ4v) is 2.18. The SMILES string of the molecule is Cc1[nH]nc2c1CCC2C(C)C. The van der Waals surface area contributed by atoms with Crippen molar-refractivity contribution in [2.75, 3.05) is 0 Å². The van der Waals surface area contributed by atoms with Crippen molar-refractivity contribution in [2.24, 2.45) is 5.92 Å². The van der Waals surface area contributed by atoms with E-state index >= 15 is 0 Å². The average molecular weight is 164 g/mol. The maximum Gasteiger partial charge on any atom is 0.0690 e. The Bertz CT molecular complexity index is 286. The predicted molar refractivity (Wildman–Crippen MR) is 49.2 cm³/mol. The fourth-order valence-electron chi connectivity index (χ4n) is 2.18. The van der Waals surface area contributed by atoms with Gasteiger partial charge in [-0.1, -0.05) is 13.8 Å². The van der Waals surface area contributed by atoms with Gasteiger partial charge in [-0.2, -0.15) is 5.10 Å². The monoisotopic (exact) mass is 164 g/mol. The molecule has 1 aliphatic rings. The quantitative estimate of drug-likeness (QED) is 0.678. The molecule has 0 saturated carbocycles. The van der Waals surface area contributed by atoms with E-state index in [9.17, 15) is 0 Å². The maximum absolute atomic E-state index is 4.37. The van der Waals surface area contributed by atoms with E-state index in [1.54, 1.807) is 0 Å². The van der Waals surface area contributed by atoms with E-state index in [-0.39, 0.29) is 0 Å². The van der Waals surface area contributed by atoms with E-state index < -0.39 is 0 Å². The van der Waals surface area contributed by atoms with Gasteiger partial charge in [0.05, 0.1) is 5.69 Å². The van der Waals surface area contributed by atoms with Crippen molar-refractivity contribution in [3.63, 3.8) is 0 Å². The van der Waals surface area contributed by atoms with Crippen LogP contribution in [0.3, 0.4) is 0 Å². The van der Waals surface area contributed by atoms with Crippen LogP contribution >= 0.6 is 0 Å². The molecule has 0 radical (unpaired) electrons. The molecule has 0 spiro atoms. The van der Waals surface area contributed by atoms with Crippen LogP contribution in [0.2, 0.25) is 0 Å². The highest BCUT2D eigenvalue weighted by molar-refractivity contribution is 5.32. The van der Waals surface area contributed by atoms with Crippen LogP contribution in [0, 0.1) is 12.8 Å². The van der Waals surface area contributed by atoms with Crippen molar-refractivity contribution >= 4 is 0 Å². The van der Waals surface area contributed by atoms with Crippen LogP contribution in [0.5, 0.6) is 0 Å². The van der Waals surface area contributed by atoms with E-state index in [2.05, 4.69) is 31.0 Å². The smallest absolute Gasteiger partial charge is 0.0690 e. The first-order valence-electron chi connectivity index (χ1n) is 4.74. The Hall–Kier alpha value is -0.790. The molecule has 1 heterocycles. The summed E-state index contributed by atoms with van der Waals surface area (Å²) in [5.41, 5.74) is 4.09. The van der Waals surface area contributed by atoms with E-state index in [4.69, 9.17) is 0 Å². The van der Waals surface area contributed by atoms with Crippen LogP contribution in [0.1, 0.15) is 43.1 Å². The molecule has 66 valence electrons. The normalized spacial score (nSPS) is 21.8. The number of H-pyrrole nitrogens is 1. The number of nitrogens with zero attached hydrogens (tertiary/aromatic N) is 1. The van der Waals surface area contributed by atoms with Crippen LogP contribution in [0.15, 0.2) is 0 Å². The van der Waals surface area contributed by atoms with Gasteiger partial charge in [0.2, 0.25) is 0 Å². The molecule has 0 amide bonds. The summed E-state index contributed by atoms with van der Waals surface area (Å²) >= 11 is 0. The summed E-state index contributed by atoms with van der Waals surface area (Å²) in [4.78, 5) is 0. The average Bonchev–Trinajstić information content (AvgIpc) is 2.53. The van der Waals surface area contributed by atoms with Crippen molar-refractivity contribution in [3.05, 3.63) is 17.0 Å². The Balaban J connectivity index is 2.36. The van der Waals surface area contributed by atoms with Gasteiger partial charge < -0.3 is 0 Å². The molecule has 2 nitrogen and oxygen atoms in total. The lowest BCUT2D eigenvalue weighted by molar-refractivity contribution is 0.484. The molecule has 1 aromatic heterocycles. The lowest BCUT2D eigenvalue weighted by Crippen LogP contribution is -2.02. The second-order valence-corrected chi connectivity index (χ2v) is 4.10. The van der Waals surface area contributed by atoms with Crippen molar-refractivity contribution < 1.29 is 0 Å². The van der Waals surface area contributed by atoms with Crippen molar-refractivity contribution in [2.45, 2.75) is 39.5 Å². The third-order valence-electron chi connectivity index (χ3n) is 2.97. The summed E-state index contributed by atoms with van der Waals surface area (Å²) in [6.07, 6.45) is 2.52. The summed E-state index contributed by atoms with van der Waals surface area (Å²) in [5.74, 6) is 1.43. The number of aryl methyl sites for hydroxylation is 1. The molecule has 1 unspecified atom stereocenters. The second-order valence-electron chi connectivity index (χ2n) is 4.10.